The number of carbonyl (C=O) groups excluding carboxylic acids is 1. The molecule has 4 nitrogen and oxygen atoms in total. The Morgan fingerprint density at radius 1 is 1.27 bits per heavy atom. The van der Waals surface area contributed by atoms with Gasteiger partial charge in [-0.25, -0.2) is 4.39 Å². The maximum absolute atomic E-state index is 13.5. The van der Waals surface area contributed by atoms with Crippen molar-refractivity contribution < 1.29 is 13.9 Å². The van der Waals surface area contributed by atoms with Crippen LogP contribution in [0.5, 0.6) is 0 Å². The van der Waals surface area contributed by atoms with Crippen LogP contribution < -0.4 is 0 Å². The zero-order chi connectivity index (χ0) is 18.7. The van der Waals surface area contributed by atoms with Gasteiger partial charge in [0.05, 0.1) is 23.8 Å². The quantitative estimate of drug-likeness (QED) is 0.817. The van der Waals surface area contributed by atoms with E-state index in [0.717, 1.165) is 5.56 Å². The third-order valence-electron chi connectivity index (χ3n) is 4.47. The molecule has 0 bridgehead atoms. The molecule has 2 atom stereocenters. The topological polar surface area (TPSA) is 32.8 Å². The van der Waals surface area contributed by atoms with Crippen molar-refractivity contribution in [2.75, 3.05) is 33.8 Å². The lowest BCUT2D eigenvalue weighted by Crippen LogP contribution is -2.51. The number of morpholine rings is 1. The number of ether oxygens (including phenoxy) is 1. The minimum Gasteiger partial charge on any atom is -0.373 e. The fourth-order valence-corrected chi connectivity index (χ4v) is 3.49. The number of hydrogen-bond donors (Lipinski definition) is 0. The van der Waals surface area contributed by atoms with Gasteiger partial charge in [0.2, 0.25) is 0 Å². The third-order valence-corrected chi connectivity index (χ3v) is 4.76. The molecule has 6 heteroatoms. The molecule has 1 aliphatic rings. The summed E-state index contributed by atoms with van der Waals surface area (Å²) in [5, 5.41) is -0.0507. The molecular formula is C20H22ClFN2O2. The molecule has 2 aromatic carbocycles. The zero-order valence-electron chi connectivity index (χ0n) is 14.9. The Labute approximate surface area is 158 Å². The fraction of sp³-hybridized carbons (Fsp3) is 0.350. The SMILES string of the molecule is CN(C)C[C@@H]1OCCN(C(=O)c2ccc(F)c(Cl)c2)[C@H]1c1ccccc1. The highest BCUT2D eigenvalue weighted by atomic mass is 35.5. The summed E-state index contributed by atoms with van der Waals surface area (Å²) in [5.41, 5.74) is 1.39. The first-order valence-electron chi connectivity index (χ1n) is 8.54. The second-order valence-corrected chi connectivity index (χ2v) is 7.06. The van der Waals surface area contributed by atoms with Gasteiger partial charge in [0, 0.05) is 18.7 Å². The molecule has 3 rings (SSSR count). The van der Waals surface area contributed by atoms with Crippen LogP contribution in [0.25, 0.3) is 0 Å². The summed E-state index contributed by atoms with van der Waals surface area (Å²) in [6, 6.07) is 13.7. The van der Waals surface area contributed by atoms with E-state index in [4.69, 9.17) is 16.3 Å². The van der Waals surface area contributed by atoms with Crippen LogP contribution in [0, 0.1) is 5.82 Å². The van der Waals surface area contributed by atoms with E-state index in [0.29, 0.717) is 25.3 Å². The van der Waals surface area contributed by atoms with E-state index in [-0.39, 0.29) is 23.1 Å². The summed E-state index contributed by atoms with van der Waals surface area (Å²) < 4.78 is 19.5. The summed E-state index contributed by atoms with van der Waals surface area (Å²) in [7, 11) is 3.96. The van der Waals surface area contributed by atoms with Crippen molar-refractivity contribution in [2.24, 2.45) is 0 Å². The van der Waals surface area contributed by atoms with Crippen LogP contribution in [0.15, 0.2) is 48.5 Å². The molecule has 1 fully saturated rings. The van der Waals surface area contributed by atoms with Crippen molar-refractivity contribution >= 4 is 17.5 Å². The van der Waals surface area contributed by atoms with E-state index in [9.17, 15) is 9.18 Å². The second-order valence-electron chi connectivity index (χ2n) is 6.65. The average Bonchev–Trinajstić information content (AvgIpc) is 2.63. The Kier molecular flexibility index (Phi) is 5.91. The highest BCUT2D eigenvalue weighted by Gasteiger charge is 2.37. The smallest absolute Gasteiger partial charge is 0.254 e. The summed E-state index contributed by atoms with van der Waals surface area (Å²) in [5.74, 6) is -0.705. The van der Waals surface area contributed by atoms with Crippen LogP contribution in [0.3, 0.4) is 0 Å². The maximum atomic E-state index is 13.5. The van der Waals surface area contributed by atoms with E-state index < -0.39 is 5.82 Å². The van der Waals surface area contributed by atoms with Gasteiger partial charge in [0.25, 0.3) is 5.91 Å². The third kappa shape index (κ3) is 4.06. The van der Waals surface area contributed by atoms with E-state index in [1.165, 1.54) is 18.2 Å². The van der Waals surface area contributed by atoms with E-state index in [2.05, 4.69) is 0 Å². The molecule has 0 saturated carbocycles. The number of carbonyl (C=O) groups is 1. The largest absolute Gasteiger partial charge is 0.373 e. The fourth-order valence-electron chi connectivity index (χ4n) is 3.31. The van der Waals surface area contributed by atoms with Gasteiger partial charge in [0.1, 0.15) is 5.82 Å². The molecule has 26 heavy (non-hydrogen) atoms. The first kappa shape index (κ1) is 18.8. The van der Waals surface area contributed by atoms with Gasteiger partial charge >= 0.3 is 0 Å². The molecular weight excluding hydrogens is 355 g/mol. The lowest BCUT2D eigenvalue weighted by atomic mass is 9.96. The Hall–Kier alpha value is -1.95. The van der Waals surface area contributed by atoms with Crippen molar-refractivity contribution in [2.45, 2.75) is 12.1 Å². The average molecular weight is 377 g/mol. The van der Waals surface area contributed by atoms with Gasteiger partial charge < -0.3 is 14.5 Å². The monoisotopic (exact) mass is 376 g/mol. The number of nitrogens with zero attached hydrogens (tertiary/aromatic N) is 2. The molecule has 1 heterocycles. The van der Waals surface area contributed by atoms with Crippen LogP contribution in [0.1, 0.15) is 22.0 Å². The number of benzene rings is 2. The zero-order valence-corrected chi connectivity index (χ0v) is 15.6. The first-order chi connectivity index (χ1) is 12.5. The number of amides is 1. The highest BCUT2D eigenvalue weighted by molar-refractivity contribution is 6.31. The molecule has 1 aliphatic heterocycles. The second kappa shape index (κ2) is 8.16. The molecule has 138 valence electrons. The predicted molar refractivity (Wildman–Crippen MR) is 99.9 cm³/mol. The standard InChI is InChI=1S/C20H22ClFN2O2/c1-23(2)13-18-19(14-6-4-3-5-7-14)24(10-11-26-18)20(25)15-8-9-17(22)16(21)12-15/h3-9,12,18-19H,10-11,13H2,1-2H3/t18-,19-/m0/s1. The van der Waals surface area contributed by atoms with E-state index >= 15 is 0 Å². The van der Waals surface area contributed by atoms with Crippen LogP contribution in [-0.4, -0.2) is 55.6 Å². The molecule has 1 saturated heterocycles. The van der Waals surface area contributed by atoms with Crippen LogP contribution in [0.4, 0.5) is 4.39 Å². The van der Waals surface area contributed by atoms with Crippen molar-refractivity contribution in [3.63, 3.8) is 0 Å². The molecule has 0 N–H and O–H groups in total. The first-order valence-corrected chi connectivity index (χ1v) is 8.92. The van der Waals surface area contributed by atoms with E-state index in [1.807, 2.05) is 49.3 Å². The lowest BCUT2D eigenvalue weighted by molar-refractivity contribution is -0.0684. The number of halogens is 2. The molecule has 1 amide bonds. The van der Waals surface area contributed by atoms with Gasteiger partial charge in [0.15, 0.2) is 0 Å². The Morgan fingerprint density at radius 2 is 2.00 bits per heavy atom. The maximum Gasteiger partial charge on any atom is 0.254 e. The summed E-state index contributed by atoms with van der Waals surface area (Å²) in [6.07, 6.45) is -0.152. The van der Waals surface area contributed by atoms with Gasteiger partial charge in [-0.05, 0) is 37.9 Å². The highest BCUT2D eigenvalue weighted by Crippen LogP contribution is 2.31. The predicted octanol–water partition coefficient (Wildman–Crippen LogP) is 3.62. The van der Waals surface area contributed by atoms with E-state index in [1.54, 1.807) is 4.90 Å². The van der Waals surface area contributed by atoms with Crippen molar-refractivity contribution in [3.8, 4) is 0 Å². The molecule has 0 unspecified atom stereocenters. The van der Waals surface area contributed by atoms with Gasteiger partial charge in [-0.2, -0.15) is 0 Å². The van der Waals surface area contributed by atoms with Gasteiger partial charge in [-0.1, -0.05) is 41.9 Å². The number of rotatable bonds is 4. The van der Waals surface area contributed by atoms with Gasteiger partial charge in [-0.3, -0.25) is 4.79 Å². The normalized spacial score (nSPS) is 20.4. The molecule has 0 spiro atoms. The summed E-state index contributed by atoms with van der Waals surface area (Å²) >= 11 is 5.87. The van der Waals surface area contributed by atoms with Crippen molar-refractivity contribution in [1.82, 2.24) is 9.80 Å². The molecule has 0 aromatic heterocycles. The molecule has 0 aliphatic carbocycles. The summed E-state index contributed by atoms with van der Waals surface area (Å²) in [4.78, 5) is 17.0. The minimum absolute atomic E-state index is 0.0507. The minimum atomic E-state index is -0.532. The lowest BCUT2D eigenvalue weighted by Gasteiger charge is -2.42. The Balaban J connectivity index is 1.96. The molecule has 0 radical (unpaired) electrons. The van der Waals surface area contributed by atoms with Crippen LogP contribution >= 0.6 is 11.6 Å². The number of likely N-dealkylation sites (N-methyl/N-ethyl adjacent to an activating group) is 1. The van der Waals surface area contributed by atoms with Crippen molar-refractivity contribution in [1.29, 1.82) is 0 Å². The van der Waals surface area contributed by atoms with Crippen LogP contribution in [-0.2, 0) is 4.74 Å². The van der Waals surface area contributed by atoms with Gasteiger partial charge in [-0.15, -0.1) is 0 Å². The number of hydrogen-bond acceptors (Lipinski definition) is 3. The summed E-state index contributed by atoms with van der Waals surface area (Å²) in [6.45, 7) is 1.62. The molecule has 2 aromatic rings. The Morgan fingerprint density at radius 3 is 2.65 bits per heavy atom. The Bertz CT molecular complexity index is 770. The van der Waals surface area contributed by atoms with Crippen LogP contribution in [0.2, 0.25) is 5.02 Å². The van der Waals surface area contributed by atoms with Crippen molar-refractivity contribution in [3.05, 3.63) is 70.5 Å².